The first-order valence-electron chi connectivity index (χ1n) is 6.75. The van der Waals surface area contributed by atoms with Crippen molar-refractivity contribution in [1.82, 2.24) is 4.90 Å². The largest absolute Gasteiger partial charge is 0.294 e. The second-order valence-corrected chi connectivity index (χ2v) is 5.51. The van der Waals surface area contributed by atoms with Gasteiger partial charge < -0.3 is 0 Å². The van der Waals surface area contributed by atoms with Crippen molar-refractivity contribution in [1.29, 1.82) is 0 Å². The van der Waals surface area contributed by atoms with Gasteiger partial charge in [0.2, 0.25) is 0 Å². The van der Waals surface area contributed by atoms with Crippen LogP contribution in [0.5, 0.6) is 0 Å². The van der Waals surface area contributed by atoms with Gasteiger partial charge in [-0.1, -0.05) is 12.1 Å². The predicted molar refractivity (Wildman–Crippen MR) is 68.3 cm³/mol. The van der Waals surface area contributed by atoms with E-state index in [1.165, 1.54) is 25.0 Å². The Morgan fingerprint density at radius 1 is 1.33 bits per heavy atom. The van der Waals surface area contributed by atoms with E-state index in [4.69, 9.17) is 0 Å². The van der Waals surface area contributed by atoms with Gasteiger partial charge in [-0.25, -0.2) is 4.39 Å². The van der Waals surface area contributed by atoms with Gasteiger partial charge in [0.25, 0.3) is 0 Å². The van der Waals surface area contributed by atoms with E-state index in [0.29, 0.717) is 18.0 Å². The third-order valence-corrected chi connectivity index (χ3v) is 4.34. The number of carbonyl (C=O) groups is 1. The van der Waals surface area contributed by atoms with Gasteiger partial charge in [-0.05, 0) is 18.1 Å². The van der Waals surface area contributed by atoms with Gasteiger partial charge in [-0.3, -0.25) is 4.79 Å². The van der Waals surface area contributed by atoms with E-state index in [1.54, 1.807) is 12.1 Å². The monoisotopic (exact) mass is 247 g/mol. The van der Waals surface area contributed by atoms with Crippen molar-refractivity contribution in [3.05, 3.63) is 35.6 Å². The molecule has 18 heavy (non-hydrogen) atoms. The van der Waals surface area contributed by atoms with Crippen LogP contribution < -0.4 is 4.90 Å². The van der Waals surface area contributed by atoms with E-state index in [1.807, 2.05) is 0 Å². The van der Waals surface area contributed by atoms with Crippen LogP contribution >= 0.6 is 0 Å². The molecular weight excluding hydrogens is 229 g/mol. The molecule has 3 aliphatic rings. The van der Waals surface area contributed by atoms with E-state index in [-0.39, 0.29) is 11.6 Å². The lowest BCUT2D eigenvalue weighted by Crippen LogP contribution is -2.53. The lowest BCUT2D eigenvalue weighted by molar-refractivity contribution is 0.0852. The molecule has 1 atom stereocenters. The van der Waals surface area contributed by atoms with Crippen LogP contribution in [0.4, 0.5) is 4.39 Å². The summed E-state index contributed by atoms with van der Waals surface area (Å²) < 4.78 is 13.1. The highest BCUT2D eigenvalue weighted by Crippen LogP contribution is 2.31. The molecule has 1 aromatic carbocycles. The quantitative estimate of drug-likeness (QED) is 0.595. The molecule has 1 radical (unpaired) electrons. The summed E-state index contributed by atoms with van der Waals surface area (Å²) >= 11 is 0. The number of hydrogen-bond donors (Lipinski definition) is 0. The van der Waals surface area contributed by atoms with Gasteiger partial charge in [0.15, 0.2) is 5.78 Å². The molecule has 4 rings (SSSR count). The van der Waals surface area contributed by atoms with Gasteiger partial charge in [0, 0.05) is 24.8 Å². The van der Waals surface area contributed by atoms with Crippen LogP contribution in [0, 0.1) is 11.7 Å². The van der Waals surface area contributed by atoms with Crippen molar-refractivity contribution in [2.45, 2.75) is 31.7 Å². The van der Waals surface area contributed by atoms with E-state index in [9.17, 15) is 9.18 Å². The molecule has 0 aliphatic carbocycles. The minimum atomic E-state index is -0.327. The van der Waals surface area contributed by atoms with Crippen molar-refractivity contribution in [3.8, 4) is 0 Å². The Morgan fingerprint density at radius 3 is 2.72 bits per heavy atom. The summed E-state index contributed by atoms with van der Waals surface area (Å²) in [5.74, 6) is 0.554. The highest BCUT2D eigenvalue weighted by Gasteiger charge is 2.42. The Hall–Kier alpha value is -1.22. The number of carbonyl (C=O) groups excluding carboxylic acids is 1. The topological polar surface area (TPSA) is 23.0 Å². The number of piperidine rings is 3. The van der Waals surface area contributed by atoms with Crippen molar-refractivity contribution >= 4 is 5.78 Å². The molecule has 3 heteroatoms. The second-order valence-electron chi connectivity index (χ2n) is 5.51. The summed E-state index contributed by atoms with van der Waals surface area (Å²) in [6.07, 6.45) is 4.25. The molecule has 0 spiro atoms. The first-order valence-corrected chi connectivity index (χ1v) is 6.75. The maximum Gasteiger partial charge on any atom is 0.169 e. The highest BCUT2D eigenvalue weighted by atomic mass is 19.1. The molecule has 0 N–H and O–H groups in total. The molecule has 1 unspecified atom stereocenters. The van der Waals surface area contributed by atoms with Gasteiger partial charge >= 0.3 is 0 Å². The highest BCUT2D eigenvalue weighted by molar-refractivity contribution is 5.96. The number of nitrogens with zero attached hydrogens (tertiary/aromatic N) is 1. The Balaban J connectivity index is 1.68. The number of ketones is 1. The van der Waals surface area contributed by atoms with Crippen molar-refractivity contribution < 1.29 is 9.18 Å². The Morgan fingerprint density at radius 2 is 2.11 bits per heavy atom. The van der Waals surface area contributed by atoms with Crippen molar-refractivity contribution in [2.24, 2.45) is 5.92 Å². The predicted octanol–water partition coefficient (Wildman–Crippen LogP) is 2.72. The SMILES string of the molecule is O=C(CC1CC2CC[N+]1CC2)c1cccc(F)c1. The standard InChI is InChI=1S/C15H18FNO/c16-13-3-1-2-12(9-13)15(18)10-14-8-11-4-6-17(14)7-5-11/h1-3,9,11,14H,4-8,10H2/q+1. The van der Waals surface area contributed by atoms with Crippen molar-refractivity contribution in [2.75, 3.05) is 13.1 Å². The van der Waals surface area contributed by atoms with Crippen LogP contribution in [0.2, 0.25) is 0 Å². The summed E-state index contributed by atoms with van der Waals surface area (Å²) in [5.41, 5.74) is 0.512. The molecule has 3 heterocycles. The smallest absolute Gasteiger partial charge is 0.169 e. The summed E-state index contributed by atoms with van der Waals surface area (Å²) in [4.78, 5) is 14.6. The Labute approximate surface area is 107 Å². The van der Waals surface area contributed by atoms with Crippen LogP contribution in [-0.4, -0.2) is 24.9 Å². The molecule has 0 aromatic heterocycles. The van der Waals surface area contributed by atoms with E-state index >= 15 is 0 Å². The molecule has 2 nitrogen and oxygen atoms in total. The van der Waals surface area contributed by atoms with Gasteiger partial charge in [-0.2, -0.15) is 4.90 Å². The molecular formula is C15H18FNO+. The van der Waals surface area contributed by atoms with Crippen LogP contribution in [0.15, 0.2) is 24.3 Å². The van der Waals surface area contributed by atoms with Crippen LogP contribution in [-0.2, 0) is 0 Å². The van der Waals surface area contributed by atoms with Gasteiger partial charge in [0.1, 0.15) is 24.9 Å². The van der Waals surface area contributed by atoms with Crippen LogP contribution in [0.3, 0.4) is 0 Å². The normalized spacial score (nSPS) is 30.4. The molecule has 2 bridgehead atoms. The zero-order chi connectivity index (χ0) is 12.5. The molecule has 3 saturated heterocycles. The van der Waals surface area contributed by atoms with Crippen molar-refractivity contribution in [3.63, 3.8) is 0 Å². The zero-order valence-electron chi connectivity index (χ0n) is 10.4. The lowest BCUT2D eigenvalue weighted by Gasteiger charge is -2.37. The van der Waals surface area contributed by atoms with E-state index in [0.717, 1.165) is 25.4 Å². The summed E-state index contributed by atoms with van der Waals surface area (Å²) in [5, 5.41) is 0. The molecule has 0 saturated carbocycles. The fraction of sp³-hybridized carbons (Fsp3) is 0.533. The van der Waals surface area contributed by atoms with Gasteiger partial charge in [-0.15, -0.1) is 0 Å². The van der Waals surface area contributed by atoms with Gasteiger partial charge in [0.05, 0.1) is 6.42 Å². The fourth-order valence-corrected chi connectivity index (χ4v) is 3.29. The average molecular weight is 247 g/mol. The Bertz CT molecular complexity index is 452. The first kappa shape index (κ1) is 11.8. The van der Waals surface area contributed by atoms with Crippen LogP contribution in [0.1, 0.15) is 36.0 Å². The van der Waals surface area contributed by atoms with E-state index < -0.39 is 0 Å². The summed E-state index contributed by atoms with van der Waals surface area (Å²) in [6.45, 7) is 2.26. The minimum Gasteiger partial charge on any atom is -0.294 e. The molecule has 3 aliphatic heterocycles. The summed E-state index contributed by atoms with van der Waals surface area (Å²) in [7, 11) is 0. The average Bonchev–Trinajstić information content (AvgIpc) is 2.40. The first-order chi connectivity index (χ1) is 8.72. The maximum atomic E-state index is 13.1. The molecule has 0 amide bonds. The second kappa shape index (κ2) is 4.81. The third-order valence-electron chi connectivity index (χ3n) is 4.34. The van der Waals surface area contributed by atoms with Crippen LogP contribution in [0.25, 0.3) is 0 Å². The zero-order valence-corrected chi connectivity index (χ0v) is 10.4. The Kier molecular flexibility index (Phi) is 3.16. The number of hydrogen-bond acceptors (Lipinski definition) is 2. The number of fused-ring (bicyclic) bond motifs is 3. The maximum absolute atomic E-state index is 13.1. The molecule has 1 aromatic rings. The number of halogens is 1. The third kappa shape index (κ3) is 2.32. The van der Waals surface area contributed by atoms with E-state index in [2.05, 4.69) is 4.90 Å². The fourth-order valence-electron chi connectivity index (χ4n) is 3.29. The summed E-state index contributed by atoms with van der Waals surface area (Å²) in [6, 6.07) is 6.42. The lowest BCUT2D eigenvalue weighted by atomic mass is 9.81. The number of benzene rings is 1. The number of rotatable bonds is 3. The number of Topliss-reactive ketones (excluding diaryl/α,β-unsaturated/α-hetero) is 1. The minimum absolute atomic E-state index is 0.0760. The molecule has 95 valence electrons. The molecule has 3 fully saturated rings.